The second-order valence-corrected chi connectivity index (χ2v) is 4.07. The molecule has 0 aliphatic carbocycles. The number of likely N-dealkylation sites (N-methyl/N-ethyl adjacent to an activating group) is 1. The lowest BCUT2D eigenvalue weighted by Crippen LogP contribution is -2.40. The van der Waals surface area contributed by atoms with E-state index in [0.717, 1.165) is 12.1 Å². The Kier molecular flexibility index (Phi) is 4.82. The SMILES string of the molecule is CC(CO)N(C)C(=O)Nc1ccc(F)c(C(=O)O)c1. The molecule has 1 rings (SSSR count). The van der Waals surface area contributed by atoms with Crippen molar-refractivity contribution < 1.29 is 24.2 Å². The van der Waals surface area contributed by atoms with Crippen LogP contribution < -0.4 is 5.32 Å². The fourth-order valence-corrected chi connectivity index (χ4v) is 1.30. The van der Waals surface area contributed by atoms with Crippen LogP contribution in [0.1, 0.15) is 17.3 Å². The zero-order chi connectivity index (χ0) is 14.6. The van der Waals surface area contributed by atoms with Crippen molar-refractivity contribution in [1.82, 2.24) is 4.90 Å². The summed E-state index contributed by atoms with van der Waals surface area (Å²) in [6.45, 7) is 1.45. The maximum absolute atomic E-state index is 13.2. The molecular weight excluding hydrogens is 255 g/mol. The molecule has 7 heteroatoms. The Morgan fingerprint density at radius 1 is 1.47 bits per heavy atom. The van der Waals surface area contributed by atoms with E-state index in [0.29, 0.717) is 0 Å². The zero-order valence-electron chi connectivity index (χ0n) is 10.6. The number of nitrogens with one attached hydrogen (secondary N) is 1. The highest BCUT2D eigenvalue weighted by molar-refractivity contribution is 5.93. The quantitative estimate of drug-likeness (QED) is 0.770. The summed E-state index contributed by atoms with van der Waals surface area (Å²) in [5.74, 6) is -2.28. The number of rotatable bonds is 4. The molecule has 0 aromatic heterocycles. The van der Waals surface area contributed by atoms with Gasteiger partial charge in [0.1, 0.15) is 5.82 Å². The van der Waals surface area contributed by atoms with E-state index in [9.17, 15) is 14.0 Å². The number of carbonyl (C=O) groups is 2. The molecule has 6 nitrogen and oxygen atoms in total. The summed E-state index contributed by atoms with van der Waals surface area (Å²) in [5, 5.41) is 20.1. The van der Waals surface area contributed by atoms with Crippen molar-refractivity contribution in [3.05, 3.63) is 29.6 Å². The number of carboxylic acid groups (broad SMARTS) is 1. The molecule has 0 aliphatic heterocycles. The van der Waals surface area contributed by atoms with Crippen LogP contribution in [-0.4, -0.2) is 46.8 Å². The summed E-state index contributed by atoms with van der Waals surface area (Å²) in [6.07, 6.45) is 0. The van der Waals surface area contributed by atoms with Crippen LogP contribution in [-0.2, 0) is 0 Å². The molecule has 0 spiro atoms. The molecule has 0 heterocycles. The predicted molar refractivity (Wildman–Crippen MR) is 66.7 cm³/mol. The number of urea groups is 1. The van der Waals surface area contributed by atoms with Crippen LogP contribution in [0.2, 0.25) is 0 Å². The van der Waals surface area contributed by atoms with Gasteiger partial charge < -0.3 is 20.4 Å². The molecule has 2 amide bonds. The Morgan fingerprint density at radius 2 is 2.11 bits per heavy atom. The van der Waals surface area contributed by atoms with Gasteiger partial charge in [-0.15, -0.1) is 0 Å². The molecule has 0 fully saturated rings. The zero-order valence-corrected chi connectivity index (χ0v) is 10.6. The second-order valence-electron chi connectivity index (χ2n) is 4.07. The molecule has 0 bridgehead atoms. The van der Waals surface area contributed by atoms with Crippen molar-refractivity contribution in [2.75, 3.05) is 19.0 Å². The van der Waals surface area contributed by atoms with Gasteiger partial charge in [-0.05, 0) is 25.1 Å². The van der Waals surface area contributed by atoms with Crippen molar-refractivity contribution in [2.24, 2.45) is 0 Å². The van der Waals surface area contributed by atoms with Crippen molar-refractivity contribution in [2.45, 2.75) is 13.0 Å². The number of aliphatic hydroxyl groups excluding tert-OH is 1. The highest BCUT2D eigenvalue weighted by atomic mass is 19.1. The summed E-state index contributed by atoms with van der Waals surface area (Å²) in [4.78, 5) is 23.7. The molecule has 1 atom stereocenters. The van der Waals surface area contributed by atoms with Crippen LogP contribution in [0.5, 0.6) is 0 Å². The van der Waals surface area contributed by atoms with Crippen LogP contribution in [0.4, 0.5) is 14.9 Å². The molecule has 0 saturated carbocycles. The van der Waals surface area contributed by atoms with Gasteiger partial charge in [0.15, 0.2) is 0 Å². The molecule has 19 heavy (non-hydrogen) atoms. The normalized spacial score (nSPS) is 11.8. The van der Waals surface area contributed by atoms with E-state index in [1.54, 1.807) is 6.92 Å². The maximum atomic E-state index is 13.2. The smallest absolute Gasteiger partial charge is 0.338 e. The number of aliphatic hydroxyl groups is 1. The van der Waals surface area contributed by atoms with Crippen LogP contribution in [0, 0.1) is 5.82 Å². The first-order valence-electron chi connectivity index (χ1n) is 5.54. The number of benzene rings is 1. The Hall–Kier alpha value is -2.15. The minimum atomic E-state index is -1.41. The average molecular weight is 270 g/mol. The third kappa shape index (κ3) is 3.65. The minimum Gasteiger partial charge on any atom is -0.478 e. The van der Waals surface area contributed by atoms with E-state index in [2.05, 4.69) is 5.32 Å². The van der Waals surface area contributed by atoms with E-state index >= 15 is 0 Å². The van der Waals surface area contributed by atoms with E-state index < -0.39 is 23.4 Å². The first kappa shape index (κ1) is 14.9. The number of amides is 2. The van der Waals surface area contributed by atoms with Crippen molar-refractivity contribution in [3.63, 3.8) is 0 Å². The molecule has 0 aliphatic rings. The number of carbonyl (C=O) groups excluding carboxylic acids is 1. The standard InChI is InChI=1S/C12H15FN2O4/c1-7(6-16)15(2)12(19)14-8-3-4-10(13)9(5-8)11(17)18/h3-5,7,16H,6H2,1-2H3,(H,14,19)(H,17,18). The molecule has 1 aromatic rings. The third-order valence-electron chi connectivity index (χ3n) is 2.69. The van der Waals surface area contributed by atoms with Gasteiger partial charge in [0.25, 0.3) is 0 Å². The summed E-state index contributed by atoms with van der Waals surface area (Å²) >= 11 is 0. The van der Waals surface area contributed by atoms with Crippen molar-refractivity contribution >= 4 is 17.7 Å². The number of anilines is 1. The fraction of sp³-hybridized carbons (Fsp3) is 0.333. The lowest BCUT2D eigenvalue weighted by Gasteiger charge is -2.23. The van der Waals surface area contributed by atoms with Crippen LogP contribution in [0.15, 0.2) is 18.2 Å². The summed E-state index contributed by atoms with van der Waals surface area (Å²) in [7, 11) is 1.48. The Morgan fingerprint density at radius 3 is 2.63 bits per heavy atom. The van der Waals surface area contributed by atoms with Gasteiger partial charge in [-0.2, -0.15) is 0 Å². The number of hydrogen-bond acceptors (Lipinski definition) is 3. The van der Waals surface area contributed by atoms with E-state index in [1.807, 2.05) is 0 Å². The fourth-order valence-electron chi connectivity index (χ4n) is 1.30. The average Bonchev–Trinajstić information content (AvgIpc) is 2.38. The highest BCUT2D eigenvalue weighted by Gasteiger charge is 2.16. The Labute approximate surface area is 109 Å². The van der Waals surface area contributed by atoms with Crippen LogP contribution in [0.3, 0.4) is 0 Å². The number of hydrogen-bond donors (Lipinski definition) is 3. The first-order chi connectivity index (χ1) is 8.86. The maximum Gasteiger partial charge on any atom is 0.338 e. The van der Waals surface area contributed by atoms with Gasteiger partial charge >= 0.3 is 12.0 Å². The molecule has 0 radical (unpaired) electrons. The molecule has 3 N–H and O–H groups in total. The van der Waals surface area contributed by atoms with Gasteiger partial charge in [-0.1, -0.05) is 0 Å². The molecular formula is C12H15FN2O4. The molecule has 1 unspecified atom stereocenters. The lowest BCUT2D eigenvalue weighted by atomic mass is 10.2. The van der Waals surface area contributed by atoms with E-state index in [1.165, 1.54) is 18.0 Å². The topological polar surface area (TPSA) is 89.9 Å². The predicted octanol–water partition coefficient (Wildman–Crippen LogP) is 1.37. The number of aromatic carboxylic acids is 1. The Bertz CT molecular complexity index is 493. The van der Waals surface area contributed by atoms with Crippen LogP contribution >= 0.6 is 0 Å². The van der Waals surface area contributed by atoms with Crippen LogP contribution in [0.25, 0.3) is 0 Å². The minimum absolute atomic E-state index is 0.167. The van der Waals surface area contributed by atoms with Gasteiger partial charge in [0, 0.05) is 12.7 Å². The van der Waals surface area contributed by atoms with Gasteiger partial charge in [0.05, 0.1) is 18.2 Å². The summed E-state index contributed by atoms with van der Waals surface area (Å²) in [5.41, 5.74) is -0.351. The highest BCUT2D eigenvalue weighted by Crippen LogP contribution is 2.15. The van der Waals surface area contributed by atoms with Crippen molar-refractivity contribution in [1.29, 1.82) is 0 Å². The monoisotopic (exact) mass is 270 g/mol. The van der Waals surface area contributed by atoms with Gasteiger partial charge in [-0.3, -0.25) is 0 Å². The summed E-state index contributed by atoms with van der Waals surface area (Å²) in [6, 6.07) is 2.35. The van der Waals surface area contributed by atoms with Gasteiger partial charge in [-0.25, -0.2) is 14.0 Å². The van der Waals surface area contributed by atoms with E-state index in [4.69, 9.17) is 10.2 Å². The van der Waals surface area contributed by atoms with Gasteiger partial charge in [0.2, 0.25) is 0 Å². The Balaban J connectivity index is 2.86. The van der Waals surface area contributed by atoms with Crippen molar-refractivity contribution in [3.8, 4) is 0 Å². The molecule has 104 valence electrons. The van der Waals surface area contributed by atoms with E-state index in [-0.39, 0.29) is 18.3 Å². The summed E-state index contributed by atoms with van der Waals surface area (Å²) < 4.78 is 13.2. The first-order valence-corrected chi connectivity index (χ1v) is 5.54. The number of nitrogens with zero attached hydrogens (tertiary/aromatic N) is 1. The number of carboxylic acids is 1. The molecule has 1 aromatic carbocycles. The largest absolute Gasteiger partial charge is 0.478 e. The lowest BCUT2D eigenvalue weighted by molar-refractivity contribution is 0.0692. The number of halogens is 1. The second kappa shape index (κ2) is 6.14. The molecule has 0 saturated heterocycles. The third-order valence-corrected chi connectivity index (χ3v) is 2.69.